The Morgan fingerprint density at radius 2 is 2.22 bits per heavy atom. The predicted molar refractivity (Wildman–Crippen MR) is 75.1 cm³/mol. The van der Waals surface area contributed by atoms with Gasteiger partial charge < -0.3 is 10.1 Å². The van der Waals surface area contributed by atoms with Gasteiger partial charge in [-0.25, -0.2) is 4.98 Å². The highest BCUT2D eigenvalue weighted by Gasteiger charge is 2.11. The van der Waals surface area contributed by atoms with Gasteiger partial charge in [0.25, 0.3) is 0 Å². The molecule has 2 rings (SSSR count). The summed E-state index contributed by atoms with van der Waals surface area (Å²) in [5.41, 5.74) is 0. The summed E-state index contributed by atoms with van der Waals surface area (Å²) in [6, 6.07) is 0.531. The van der Waals surface area contributed by atoms with Crippen LogP contribution >= 0.6 is 11.3 Å². The zero-order valence-electron chi connectivity index (χ0n) is 11.3. The third-order valence-corrected chi connectivity index (χ3v) is 4.09. The molecule has 1 aromatic heterocycles. The summed E-state index contributed by atoms with van der Waals surface area (Å²) < 4.78 is 5.35. The fourth-order valence-corrected chi connectivity index (χ4v) is 2.79. The highest BCUT2D eigenvalue weighted by molar-refractivity contribution is 7.11. The quantitative estimate of drug-likeness (QED) is 0.849. The average molecular weight is 269 g/mol. The number of hydrogen-bond acceptors (Lipinski definition) is 5. The number of ether oxygens (including phenoxy) is 1. The zero-order chi connectivity index (χ0) is 12.8. The van der Waals surface area contributed by atoms with Crippen LogP contribution in [0.25, 0.3) is 0 Å². The number of thiazole rings is 1. The molecule has 1 aromatic rings. The first-order valence-electron chi connectivity index (χ1n) is 6.71. The molecule has 5 heteroatoms. The summed E-state index contributed by atoms with van der Waals surface area (Å²) in [6.45, 7) is 10.3. The van der Waals surface area contributed by atoms with Crippen LogP contribution in [0.15, 0.2) is 6.20 Å². The van der Waals surface area contributed by atoms with Crippen molar-refractivity contribution in [2.75, 3.05) is 32.8 Å². The fourth-order valence-electron chi connectivity index (χ4n) is 1.93. The number of morpholine rings is 1. The van der Waals surface area contributed by atoms with Crippen molar-refractivity contribution in [2.24, 2.45) is 0 Å². The lowest BCUT2D eigenvalue weighted by molar-refractivity contribution is 0.0384. The first-order valence-corrected chi connectivity index (χ1v) is 7.53. The van der Waals surface area contributed by atoms with Crippen LogP contribution in [0.5, 0.6) is 0 Å². The van der Waals surface area contributed by atoms with Gasteiger partial charge in [0, 0.05) is 49.7 Å². The first-order chi connectivity index (χ1) is 8.74. The molecule has 0 spiro atoms. The number of hydrogen-bond donors (Lipinski definition) is 1. The molecule has 4 nitrogen and oxygen atoms in total. The molecule has 1 aliphatic rings. The molecule has 0 aliphatic carbocycles. The maximum Gasteiger partial charge on any atom is 0.0940 e. The van der Waals surface area contributed by atoms with Crippen LogP contribution in [0.4, 0.5) is 0 Å². The second-order valence-electron chi connectivity index (χ2n) is 4.96. The van der Waals surface area contributed by atoms with E-state index in [9.17, 15) is 0 Å². The molecule has 18 heavy (non-hydrogen) atoms. The van der Waals surface area contributed by atoms with Crippen LogP contribution in [-0.4, -0.2) is 48.8 Å². The van der Waals surface area contributed by atoms with Crippen LogP contribution in [0.1, 0.15) is 23.7 Å². The molecule has 1 saturated heterocycles. The van der Waals surface area contributed by atoms with Crippen molar-refractivity contribution in [2.45, 2.75) is 32.9 Å². The van der Waals surface area contributed by atoms with E-state index in [2.05, 4.69) is 29.0 Å². The van der Waals surface area contributed by atoms with Crippen LogP contribution in [0.3, 0.4) is 0 Å². The van der Waals surface area contributed by atoms with E-state index >= 15 is 0 Å². The Hall–Kier alpha value is -0.490. The van der Waals surface area contributed by atoms with Gasteiger partial charge in [0.1, 0.15) is 0 Å². The Bertz CT molecular complexity index is 348. The third kappa shape index (κ3) is 4.65. The van der Waals surface area contributed by atoms with E-state index < -0.39 is 0 Å². The number of aromatic nitrogens is 1. The van der Waals surface area contributed by atoms with E-state index in [1.165, 1.54) is 9.88 Å². The topological polar surface area (TPSA) is 37.4 Å². The Morgan fingerprint density at radius 1 is 1.44 bits per heavy atom. The number of nitrogens with one attached hydrogen (secondary N) is 1. The Labute approximate surface area is 113 Å². The van der Waals surface area contributed by atoms with Crippen molar-refractivity contribution < 1.29 is 4.74 Å². The lowest BCUT2D eigenvalue weighted by Gasteiger charge is -2.25. The summed E-state index contributed by atoms with van der Waals surface area (Å²) in [7, 11) is 0. The van der Waals surface area contributed by atoms with Crippen molar-refractivity contribution >= 4 is 11.3 Å². The molecular weight excluding hydrogens is 246 g/mol. The summed E-state index contributed by atoms with van der Waals surface area (Å²) in [5.74, 6) is 0. The second kappa shape index (κ2) is 7.19. The van der Waals surface area contributed by atoms with Gasteiger partial charge >= 0.3 is 0 Å². The van der Waals surface area contributed by atoms with E-state index in [1.807, 2.05) is 17.5 Å². The van der Waals surface area contributed by atoms with Gasteiger partial charge in [-0.15, -0.1) is 11.3 Å². The Morgan fingerprint density at radius 3 is 2.94 bits per heavy atom. The van der Waals surface area contributed by atoms with E-state index in [1.54, 1.807) is 0 Å². The van der Waals surface area contributed by atoms with Gasteiger partial charge in [-0.1, -0.05) is 13.8 Å². The largest absolute Gasteiger partial charge is 0.379 e. The summed E-state index contributed by atoms with van der Waals surface area (Å²) in [4.78, 5) is 8.29. The Balaban J connectivity index is 1.72. The summed E-state index contributed by atoms with van der Waals surface area (Å²) in [6.07, 6.45) is 3.07. The zero-order valence-corrected chi connectivity index (χ0v) is 12.1. The monoisotopic (exact) mass is 269 g/mol. The molecule has 1 N–H and O–H groups in total. The van der Waals surface area contributed by atoms with Crippen LogP contribution < -0.4 is 5.32 Å². The van der Waals surface area contributed by atoms with Gasteiger partial charge in [-0.05, 0) is 0 Å². The average Bonchev–Trinajstić information content (AvgIpc) is 2.83. The van der Waals surface area contributed by atoms with Gasteiger partial charge in [0.2, 0.25) is 0 Å². The maximum absolute atomic E-state index is 5.35. The van der Waals surface area contributed by atoms with Gasteiger partial charge in [-0.3, -0.25) is 4.90 Å². The first kappa shape index (κ1) is 13.9. The van der Waals surface area contributed by atoms with Crippen molar-refractivity contribution in [1.29, 1.82) is 0 Å². The normalized spacial score (nSPS) is 17.5. The van der Waals surface area contributed by atoms with E-state index in [0.29, 0.717) is 6.04 Å². The highest BCUT2D eigenvalue weighted by Crippen LogP contribution is 2.14. The van der Waals surface area contributed by atoms with Gasteiger partial charge in [0.05, 0.1) is 18.2 Å². The number of nitrogens with zero attached hydrogens (tertiary/aromatic N) is 2. The van der Waals surface area contributed by atoms with Crippen molar-refractivity contribution in [1.82, 2.24) is 15.2 Å². The molecule has 0 saturated carbocycles. The fraction of sp³-hybridized carbons (Fsp3) is 0.769. The van der Waals surface area contributed by atoms with Crippen molar-refractivity contribution in [3.05, 3.63) is 16.1 Å². The lowest BCUT2D eigenvalue weighted by Crippen LogP contribution is -2.37. The van der Waals surface area contributed by atoms with Crippen LogP contribution in [-0.2, 0) is 17.7 Å². The third-order valence-electron chi connectivity index (χ3n) is 3.03. The van der Waals surface area contributed by atoms with Crippen LogP contribution in [0.2, 0.25) is 0 Å². The standard InChI is InChI=1S/C13H23N3OS/c1-11(2)14-9-12-10-15-13(18-12)3-4-16-5-7-17-8-6-16/h10-11,14H,3-9H2,1-2H3. The molecule has 2 heterocycles. The molecule has 0 aromatic carbocycles. The second-order valence-corrected chi connectivity index (χ2v) is 6.16. The molecule has 0 bridgehead atoms. The van der Waals surface area contributed by atoms with Crippen molar-refractivity contribution in [3.63, 3.8) is 0 Å². The lowest BCUT2D eigenvalue weighted by atomic mass is 10.3. The number of rotatable bonds is 6. The molecule has 0 amide bonds. The predicted octanol–water partition coefficient (Wildman–Crippen LogP) is 1.52. The molecule has 0 atom stereocenters. The maximum atomic E-state index is 5.35. The minimum atomic E-state index is 0.531. The van der Waals surface area contributed by atoms with Gasteiger partial charge in [0.15, 0.2) is 0 Å². The summed E-state index contributed by atoms with van der Waals surface area (Å²) in [5, 5.41) is 4.68. The van der Waals surface area contributed by atoms with Crippen LogP contribution in [0, 0.1) is 0 Å². The molecule has 102 valence electrons. The minimum Gasteiger partial charge on any atom is -0.379 e. The molecule has 1 aliphatic heterocycles. The van der Waals surface area contributed by atoms with E-state index in [0.717, 1.165) is 45.8 Å². The summed E-state index contributed by atoms with van der Waals surface area (Å²) >= 11 is 1.83. The smallest absolute Gasteiger partial charge is 0.0940 e. The van der Waals surface area contributed by atoms with Gasteiger partial charge in [-0.2, -0.15) is 0 Å². The van der Waals surface area contributed by atoms with Crippen molar-refractivity contribution in [3.8, 4) is 0 Å². The molecular formula is C13H23N3OS. The molecule has 1 fully saturated rings. The Kier molecular flexibility index (Phi) is 5.56. The SMILES string of the molecule is CC(C)NCc1cnc(CCN2CCOCC2)s1. The van der Waals surface area contributed by atoms with E-state index in [4.69, 9.17) is 4.74 Å². The highest BCUT2D eigenvalue weighted by atomic mass is 32.1. The molecule has 0 radical (unpaired) electrons. The minimum absolute atomic E-state index is 0.531. The van der Waals surface area contributed by atoms with E-state index in [-0.39, 0.29) is 0 Å². The molecule has 0 unspecified atom stereocenters.